The first-order valence-electron chi connectivity index (χ1n) is 14.5. The predicted molar refractivity (Wildman–Crippen MR) is 156 cm³/mol. The summed E-state index contributed by atoms with van der Waals surface area (Å²) in [5.74, 6) is -0.0402. The second kappa shape index (κ2) is 10.1. The summed E-state index contributed by atoms with van der Waals surface area (Å²) >= 11 is 0. The van der Waals surface area contributed by atoms with Gasteiger partial charge in [0.1, 0.15) is 5.69 Å². The van der Waals surface area contributed by atoms with Gasteiger partial charge in [-0.25, -0.2) is 0 Å². The lowest BCUT2D eigenvalue weighted by Crippen LogP contribution is -2.57. The van der Waals surface area contributed by atoms with Crippen LogP contribution in [0, 0.1) is 48.1 Å². The molecule has 1 N–H and O–H groups in total. The van der Waals surface area contributed by atoms with Gasteiger partial charge in [0, 0.05) is 11.6 Å². The monoisotopic (exact) mass is 552 g/mol. The van der Waals surface area contributed by atoms with Crippen LogP contribution in [0.4, 0.5) is 11.4 Å². The average molecular weight is 553 g/mol. The van der Waals surface area contributed by atoms with E-state index in [2.05, 4.69) is 37.4 Å². The topological polar surface area (TPSA) is 98.5 Å². The third-order valence-corrected chi connectivity index (χ3v) is 9.79. The first-order chi connectivity index (χ1) is 19.6. The summed E-state index contributed by atoms with van der Waals surface area (Å²) in [6.45, 7) is 6.02. The number of nitrogens with zero attached hydrogens (tertiary/aromatic N) is 1. The van der Waals surface area contributed by atoms with Crippen molar-refractivity contribution in [3.8, 4) is 0 Å². The van der Waals surface area contributed by atoms with Gasteiger partial charge >= 0.3 is 5.97 Å². The maximum atomic E-state index is 14.2. The fourth-order valence-corrected chi connectivity index (χ4v) is 8.14. The van der Waals surface area contributed by atoms with Crippen LogP contribution in [-0.4, -0.2) is 16.8 Å². The molecule has 4 bridgehead atoms. The number of hydrogen-bond acceptors (Lipinski definition) is 5. The van der Waals surface area contributed by atoms with Crippen molar-refractivity contribution < 1.29 is 19.2 Å². The summed E-state index contributed by atoms with van der Waals surface area (Å²) in [4.78, 5) is 39.1. The average Bonchev–Trinajstić information content (AvgIpc) is 2.93. The van der Waals surface area contributed by atoms with Gasteiger partial charge in [-0.05, 0) is 105 Å². The van der Waals surface area contributed by atoms with E-state index in [4.69, 9.17) is 4.74 Å². The molecular formula is C34H36N2O5. The van der Waals surface area contributed by atoms with E-state index in [1.54, 1.807) is 37.3 Å². The van der Waals surface area contributed by atoms with Gasteiger partial charge in [-0.3, -0.25) is 19.7 Å². The van der Waals surface area contributed by atoms with Gasteiger partial charge in [-0.15, -0.1) is 0 Å². The Morgan fingerprint density at radius 2 is 1.63 bits per heavy atom. The molecule has 4 saturated carbocycles. The molecule has 3 aromatic rings. The summed E-state index contributed by atoms with van der Waals surface area (Å²) < 4.78 is 6.18. The van der Waals surface area contributed by atoms with E-state index in [0.29, 0.717) is 23.0 Å². The number of rotatable bonds is 7. The van der Waals surface area contributed by atoms with Crippen LogP contribution in [0.25, 0.3) is 0 Å². The molecule has 0 aliphatic heterocycles. The first kappa shape index (κ1) is 27.2. The van der Waals surface area contributed by atoms with E-state index in [0.717, 1.165) is 38.5 Å². The smallest absolute Gasteiger partial charge is 0.313 e. The lowest BCUT2D eigenvalue weighted by Gasteiger charge is -2.61. The Bertz CT molecular complexity index is 1520. The number of carbonyl (C=O) groups excluding carboxylic acids is 2. The third kappa shape index (κ3) is 4.92. The van der Waals surface area contributed by atoms with Crippen molar-refractivity contribution in [3.63, 3.8) is 0 Å². The lowest BCUT2D eigenvalue weighted by molar-refractivity contribution is -0.384. The zero-order valence-corrected chi connectivity index (χ0v) is 23.8. The maximum absolute atomic E-state index is 14.2. The molecule has 4 aliphatic carbocycles. The summed E-state index contributed by atoms with van der Waals surface area (Å²) in [6, 6.07) is 20.3. The maximum Gasteiger partial charge on any atom is 0.313 e. The summed E-state index contributed by atoms with van der Waals surface area (Å²) in [5, 5.41) is 14.4. The highest BCUT2D eigenvalue weighted by Gasteiger charge is 2.62. The zero-order chi connectivity index (χ0) is 28.9. The SMILES string of the molecule is Cc1ccc(NC(=O)[C@H](OC(=O)C23C[C@H]4C[C@@H](C2)CC(c2ccc(C)c(C)c2)(C4)C3)c2ccccc2)c([N+](=O)[O-])c1. The van der Waals surface area contributed by atoms with E-state index >= 15 is 0 Å². The van der Waals surface area contributed by atoms with Crippen molar-refractivity contribution in [1.82, 2.24) is 0 Å². The minimum atomic E-state index is -1.23. The molecule has 0 spiro atoms. The van der Waals surface area contributed by atoms with Gasteiger partial charge in [0.25, 0.3) is 11.6 Å². The van der Waals surface area contributed by atoms with Crippen LogP contribution in [0.3, 0.4) is 0 Å². The van der Waals surface area contributed by atoms with Crippen LogP contribution in [0.1, 0.15) is 72.4 Å². The molecule has 2 unspecified atom stereocenters. The van der Waals surface area contributed by atoms with Crippen molar-refractivity contribution in [3.05, 3.63) is 105 Å². The van der Waals surface area contributed by atoms with Crippen molar-refractivity contribution >= 4 is 23.3 Å². The number of hydrogen-bond donors (Lipinski definition) is 1. The second-order valence-electron chi connectivity index (χ2n) is 12.8. The number of amides is 1. The van der Waals surface area contributed by atoms with Crippen molar-refractivity contribution in [2.75, 3.05) is 5.32 Å². The van der Waals surface area contributed by atoms with E-state index in [1.807, 2.05) is 6.07 Å². The Labute approximate surface area is 240 Å². The van der Waals surface area contributed by atoms with Gasteiger partial charge in [-0.1, -0.05) is 54.6 Å². The zero-order valence-electron chi connectivity index (χ0n) is 23.8. The van der Waals surface area contributed by atoms with Crippen molar-refractivity contribution in [2.24, 2.45) is 17.3 Å². The van der Waals surface area contributed by atoms with Crippen LogP contribution in [0.2, 0.25) is 0 Å². The Morgan fingerprint density at radius 1 is 0.927 bits per heavy atom. The number of nitro benzene ring substituents is 1. The Hall–Kier alpha value is -4.00. The molecule has 41 heavy (non-hydrogen) atoms. The molecule has 7 heteroatoms. The normalized spacial score (nSPS) is 26.8. The summed E-state index contributed by atoms with van der Waals surface area (Å²) in [7, 11) is 0. The Balaban J connectivity index is 1.31. The molecule has 0 aromatic heterocycles. The van der Waals surface area contributed by atoms with Crippen molar-refractivity contribution in [2.45, 2.75) is 70.8 Å². The summed E-state index contributed by atoms with van der Waals surface area (Å²) in [5.41, 5.74) is 4.25. The molecule has 5 atom stereocenters. The van der Waals surface area contributed by atoms with Gasteiger partial charge in [0.15, 0.2) is 0 Å². The number of ether oxygens (including phenoxy) is 1. The third-order valence-electron chi connectivity index (χ3n) is 9.79. The highest BCUT2D eigenvalue weighted by Crippen LogP contribution is 2.66. The number of esters is 1. The van der Waals surface area contributed by atoms with E-state index in [-0.39, 0.29) is 22.8 Å². The minimum absolute atomic E-state index is 0.0609. The van der Waals surface area contributed by atoms with Gasteiger partial charge in [-0.2, -0.15) is 0 Å². The quantitative estimate of drug-likeness (QED) is 0.189. The lowest BCUT2D eigenvalue weighted by atomic mass is 9.43. The molecule has 1 amide bonds. The molecule has 4 fully saturated rings. The largest absolute Gasteiger partial charge is 0.447 e. The highest BCUT2D eigenvalue weighted by atomic mass is 16.6. The highest BCUT2D eigenvalue weighted by molar-refractivity contribution is 5.98. The predicted octanol–water partition coefficient (Wildman–Crippen LogP) is 7.28. The number of benzene rings is 3. The number of anilines is 1. The molecule has 0 saturated heterocycles. The number of nitro groups is 1. The standard InChI is InChI=1S/C34H36N2O5/c1-21-9-12-28(29(13-21)36(39)40)35-31(37)30(26-7-5-4-6-8-26)41-32(38)34-18-24-15-25(19-34)17-33(16-24,20-34)27-11-10-22(2)23(3)14-27/h4-14,24-25,30H,15-20H2,1-3H3,(H,35,37)/t24-,25+,30-,33?,34?/m1/s1. The van der Waals surface area contributed by atoms with Gasteiger partial charge in [0.2, 0.25) is 6.10 Å². The van der Waals surface area contributed by atoms with Crippen LogP contribution in [0.5, 0.6) is 0 Å². The second-order valence-corrected chi connectivity index (χ2v) is 12.8. The minimum Gasteiger partial charge on any atom is -0.447 e. The van der Waals surface area contributed by atoms with Crippen LogP contribution < -0.4 is 5.32 Å². The van der Waals surface area contributed by atoms with E-state index in [1.165, 1.54) is 28.8 Å². The summed E-state index contributed by atoms with van der Waals surface area (Å²) in [6.07, 6.45) is 4.36. The fourth-order valence-electron chi connectivity index (χ4n) is 8.14. The number of carbonyl (C=O) groups is 2. The van der Waals surface area contributed by atoms with Gasteiger partial charge in [0.05, 0.1) is 10.3 Å². The van der Waals surface area contributed by atoms with Crippen LogP contribution in [0.15, 0.2) is 66.7 Å². The molecule has 3 aromatic carbocycles. The fraction of sp³-hybridized carbons (Fsp3) is 0.412. The molecule has 0 heterocycles. The van der Waals surface area contributed by atoms with E-state index in [9.17, 15) is 19.7 Å². The molecule has 4 aliphatic rings. The molecule has 7 nitrogen and oxygen atoms in total. The number of aryl methyl sites for hydroxylation is 3. The molecule has 7 rings (SSSR count). The van der Waals surface area contributed by atoms with Crippen LogP contribution in [-0.2, 0) is 19.7 Å². The first-order valence-corrected chi connectivity index (χ1v) is 14.5. The van der Waals surface area contributed by atoms with Crippen molar-refractivity contribution in [1.29, 1.82) is 0 Å². The molecular weight excluding hydrogens is 516 g/mol. The Morgan fingerprint density at radius 3 is 2.29 bits per heavy atom. The molecule has 0 radical (unpaired) electrons. The van der Waals surface area contributed by atoms with Gasteiger partial charge < -0.3 is 10.1 Å². The molecule has 212 valence electrons. The van der Waals surface area contributed by atoms with E-state index < -0.39 is 22.3 Å². The van der Waals surface area contributed by atoms with Crippen LogP contribution >= 0.6 is 0 Å². The number of nitrogens with one attached hydrogen (secondary N) is 1. The Kier molecular flexibility index (Phi) is 6.71.